The Labute approximate surface area is 125 Å². The van der Waals surface area contributed by atoms with Crippen LogP contribution in [0.4, 0.5) is 11.4 Å². The molecule has 1 atom stereocenters. The normalized spacial score (nSPS) is 22.3. The average Bonchev–Trinajstić information content (AvgIpc) is 3.02. The third kappa shape index (κ3) is 3.95. The monoisotopic (exact) mass is 289 g/mol. The van der Waals surface area contributed by atoms with Crippen molar-refractivity contribution in [1.82, 2.24) is 5.32 Å². The molecular weight excluding hydrogens is 266 g/mol. The Morgan fingerprint density at radius 3 is 2.71 bits per heavy atom. The number of benzene rings is 1. The quantitative estimate of drug-likeness (QED) is 0.884. The second-order valence-corrected chi connectivity index (χ2v) is 5.67. The first-order valence-corrected chi connectivity index (χ1v) is 7.78. The predicted octanol–water partition coefficient (Wildman–Crippen LogP) is 1.60. The molecule has 2 fully saturated rings. The summed E-state index contributed by atoms with van der Waals surface area (Å²) in [6.07, 6.45) is 2.62. The Morgan fingerprint density at radius 2 is 2.05 bits per heavy atom. The summed E-state index contributed by atoms with van der Waals surface area (Å²) in [5, 5.41) is 6.29. The predicted molar refractivity (Wildman–Crippen MR) is 83.7 cm³/mol. The van der Waals surface area contributed by atoms with Crippen molar-refractivity contribution in [2.24, 2.45) is 0 Å². The zero-order chi connectivity index (χ0) is 14.5. The third-order valence-corrected chi connectivity index (χ3v) is 4.07. The van der Waals surface area contributed by atoms with Gasteiger partial charge < -0.3 is 20.3 Å². The fraction of sp³-hybridized carbons (Fsp3) is 0.562. The Morgan fingerprint density at radius 1 is 1.29 bits per heavy atom. The minimum absolute atomic E-state index is 0.0387. The molecule has 3 rings (SSSR count). The zero-order valence-electron chi connectivity index (χ0n) is 12.3. The molecule has 2 heterocycles. The van der Waals surface area contributed by atoms with E-state index in [0.29, 0.717) is 6.42 Å². The summed E-state index contributed by atoms with van der Waals surface area (Å²) in [7, 11) is 0. The van der Waals surface area contributed by atoms with Gasteiger partial charge in [0.05, 0.1) is 12.5 Å². The van der Waals surface area contributed by atoms with E-state index in [9.17, 15) is 4.79 Å². The van der Waals surface area contributed by atoms with Gasteiger partial charge >= 0.3 is 0 Å². The Hall–Kier alpha value is -1.59. The van der Waals surface area contributed by atoms with Gasteiger partial charge in [0.25, 0.3) is 0 Å². The largest absolute Gasteiger partial charge is 0.378 e. The van der Waals surface area contributed by atoms with Crippen LogP contribution in [-0.4, -0.2) is 44.8 Å². The Kier molecular flexibility index (Phi) is 4.72. The molecule has 2 aliphatic heterocycles. The first-order valence-electron chi connectivity index (χ1n) is 7.78. The van der Waals surface area contributed by atoms with Crippen LogP contribution in [0, 0.1) is 0 Å². The van der Waals surface area contributed by atoms with Crippen molar-refractivity contribution in [3.8, 4) is 0 Å². The molecule has 5 heteroatoms. The average molecular weight is 289 g/mol. The summed E-state index contributed by atoms with van der Waals surface area (Å²) < 4.78 is 5.49. The molecule has 2 aliphatic rings. The number of anilines is 2. The lowest BCUT2D eigenvalue weighted by molar-refractivity contribution is -0.118. The van der Waals surface area contributed by atoms with Gasteiger partial charge in [-0.15, -0.1) is 0 Å². The van der Waals surface area contributed by atoms with Gasteiger partial charge in [-0.05, 0) is 37.1 Å². The van der Waals surface area contributed by atoms with E-state index >= 15 is 0 Å². The molecule has 114 valence electrons. The number of rotatable bonds is 4. The maximum absolute atomic E-state index is 11.9. The smallest absolute Gasteiger partial charge is 0.226 e. The van der Waals surface area contributed by atoms with E-state index < -0.39 is 0 Å². The molecule has 21 heavy (non-hydrogen) atoms. The first-order chi connectivity index (χ1) is 10.3. The summed E-state index contributed by atoms with van der Waals surface area (Å²) in [5.74, 6) is 0.0387. The lowest BCUT2D eigenvalue weighted by atomic mass is 10.1. The molecule has 0 bridgehead atoms. The molecule has 5 nitrogen and oxygen atoms in total. The van der Waals surface area contributed by atoms with Gasteiger partial charge in [-0.3, -0.25) is 4.79 Å². The van der Waals surface area contributed by atoms with E-state index in [4.69, 9.17) is 4.74 Å². The van der Waals surface area contributed by atoms with Crippen LogP contribution in [0.2, 0.25) is 0 Å². The van der Waals surface area contributed by atoms with Crippen LogP contribution in [-0.2, 0) is 9.53 Å². The third-order valence-electron chi connectivity index (χ3n) is 4.07. The van der Waals surface area contributed by atoms with Gasteiger partial charge in [-0.25, -0.2) is 0 Å². The number of piperazine rings is 1. The highest BCUT2D eigenvalue weighted by Crippen LogP contribution is 2.20. The van der Waals surface area contributed by atoms with Crippen molar-refractivity contribution >= 4 is 17.3 Å². The number of nitrogens with zero attached hydrogens (tertiary/aromatic N) is 1. The maximum atomic E-state index is 11.9. The number of carbonyl (C=O) groups is 1. The highest BCUT2D eigenvalue weighted by atomic mass is 16.5. The molecule has 1 amide bonds. The second-order valence-electron chi connectivity index (χ2n) is 5.67. The Bertz CT molecular complexity index is 463. The molecule has 1 aromatic carbocycles. The van der Waals surface area contributed by atoms with E-state index in [2.05, 4.69) is 27.7 Å². The second kappa shape index (κ2) is 6.91. The molecule has 0 aromatic heterocycles. The van der Waals surface area contributed by atoms with Crippen LogP contribution >= 0.6 is 0 Å². The molecular formula is C16H23N3O2. The highest BCUT2D eigenvalue weighted by molar-refractivity contribution is 5.91. The summed E-state index contributed by atoms with van der Waals surface area (Å²) in [4.78, 5) is 14.3. The van der Waals surface area contributed by atoms with Crippen LogP contribution < -0.4 is 15.5 Å². The molecule has 2 saturated heterocycles. The van der Waals surface area contributed by atoms with Crippen LogP contribution in [0.25, 0.3) is 0 Å². The highest BCUT2D eigenvalue weighted by Gasteiger charge is 2.19. The van der Waals surface area contributed by atoms with Crippen molar-refractivity contribution in [3.63, 3.8) is 0 Å². The standard InChI is InChI=1S/C16H23N3O2/c20-16(12-15-2-1-11-21-15)18-13-3-5-14(6-4-13)19-9-7-17-8-10-19/h3-6,15,17H,1-2,7-12H2,(H,18,20). The number of hydrogen-bond donors (Lipinski definition) is 2. The van der Waals surface area contributed by atoms with Gasteiger partial charge in [0.1, 0.15) is 0 Å². The molecule has 2 N–H and O–H groups in total. The zero-order valence-corrected chi connectivity index (χ0v) is 12.3. The minimum atomic E-state index is 0.0387. The van der Waals surface area contributed by atoms with Gasteiger partial charge in [-0.1, -0.05) is 0 Å². The van der Waals surface area contributed by atoms with E-state index in [1.807, 2.05) is 12.1 Å². The number of ether oxygens (including phenoxy) is 1. The van der Waals surface area contributed by atoms with E-state index in [1.54, 1.807) is 0 Å². The maximum Gasteiger partial charge on any atom is 0.226 e. The van der Waals surface area contributed by atoms with Crippen molar-refractivity contribution < 1.29 is 9.53 Å². The number of amides is 1. The summed E-state index contributed by atoms with van der Waals surface area (Å²) in [6.45, 7) is 4.91. The molecule has 0 radical (unpaired) electrons. The minimum Gasteiger partial charge on any atom is -0.378 e. The Balaban J connectivity index is 1.52. The number of hydrogen-bond acceptors (Lipinski definition) is 4. The SMILES string of the molecule is O=C(CC1CCCO1)Nc1ccc(N2CCNCC2)cc1. The van der Waals surface area contributed by atoms with E-state index in [1.165, 1.54) is 5.69 Å². The fourth-order valence-electron chi connectivity index (χ4n) is 2.90. The molecule has 1 aromatic rings. The van der Waals surface area contributed by atoms with Gasteiger partial charge in [0.15, 0.2) is 0 Å². The molecule has 0 aliphatic carbocycles. The summed E-state index contributed by atoms with van der Waals surface area (Å²) in [6, 6.07) is 8.11. The molecule has 0 spiro atoms. The summed E-state index contributed by atoms with van der Waals surface area (Å²) >= 11 is 0. The van der Waals surface area contributed by atoms with Gasteiger partial charge in [0.2, 0.25) is 5.91 Å². The van der Waals surface area contributed by atoms with Crippen molar-refractivity contribution in [2.45, 2.75) is 25.4 Å². The van der Waals surface area contributed by atoms with E-state index in [-0.39, 0.29) is 12.0 Å². The fourth-order valence-corrected chi connectivity index (χ4v) is 2.90. The number of nitrogens with one attached hydrogen (secondary N) is 2. The van der Waals surface area contributed by atoms with Crippen LogP contribution in [0.15, 0.2) is 24.3 Å². The van der Waals surface area contributed by atoms with Crippen molar-refractivity contribution in [1.29, 1.82) is 0 Å². The molecule has 0 saturated carbocycles. The van der Waals surface area contributed by atoms with Crippen LogP contribution in [0.3, 0.4) is 0 Å². The number of carbonyl (C=O) groups excluding carboxylic acids is 1. The topological polar surface area (TPSA) is 53.6 Å². The molecule has 1 unspecified atom stereocenters. The lowest BCUT2D eigenvalue weighted by Gasteiger charge is -2.29. The lowest BCUT2D eigenvalue weighted by Crippen LogP contribution is -2.43. The van der Waals surface area contributed by atoms with Crippen molar-refractivity contribution in [3.05, 3.63) is 24.3 Å². The first kappa shape index (κ1) is 14.4. The van der Waals surface area contributed by atoms with Crippen molar-refractivity contribution in [2.75, 3.05) is 43.0 Å². The van der Waals surface area contributed by atoms with Gasteiger partial charge in [0, 0.05) is 44.2 Å². The van der Waals surface area contributed by atoms with Crippen LogP contribution in [0.1, 0.15) is 19.3 Å². The summed E-state index contributed by atoms with van der Waals surface area (Å²) in [5.41, 5.74) is 2.07. The van der Waals surface area contributed by atoms with Crippen LogP contribution in [0.5, 0.6) is 0 Å². The van der Waals surface area contributed by atoms with Gasteiger partial charge in [-0.2, -0.15) is 0 Å². The van der Waals surface area contributed by atoms with E-state index in [0.717, 1.165) is 51.3 Å².